The number of aliphatic hydroxyl groups is 1. The number of para-hydroxylation sites is 2. The Morgan fingerprint density at radius 1 is 1.31 bits per heavy atom. The van der Waals surface area contributed by atoms with Gasteiger partial charge in [0.25, 0.3) is 0 Å². The maximum Gasteiger partial charge on any atom is 0.349 e. The van der Waals surface area contributed by atoms with Crippen molar-refractivity contribution >= 4 is 44.0 Å². The molecule has 0 bridgehead atoms. The summed E-state index contributed by atoms with van der Waals surface area (Å²) in [5, 5.41) is 20.3. The number of rotatable bonds is 4. The highest BCUT2D eigenvalue weighted by atomic mass is 32.1. The number of nitrogens with zero attached hydrogens (tertiary/aromatic N) is 2. The van der Waals surface area contributed by atoms with Gasteiger partial charge in [-0.15, -0.1) is 11.3 Å². The summed E-state index contributed by atoms with van der Waals surface area (Å²) < 4.78 is 19.8. The van der Waals surface area contributed by atoms with Crippen LogP contribution in [0, 0.1) is 17.1 Å². The van der Waals surface area contributed by atoms with Crippen molar-refractivity contribution in [3.8, 4) is 6.07 Å². The summed E-state index contributed by atoms with van der Waals surface area (Å²) in [4.78, 5) is 19.9. The van der Waals surface area contributed by atoms with Gasteiger partial charge < -0.3 is 14.8 Å². The molecule has 2 aromatic heterocycles. The first-order valence-electron chi connectivity index (χ1n) is 8.65. The van der Waals surface area contributed by atoms with Gasteiger partial charge in [-0.25, -0.2) is 14.2 Å². The summed E-state index contributed by atoms with van der Waals surface area (Å²) in [6.07, 6.45) is -1.10. The van der Waals surface area contributed by atoms with E-state index in [0.717, 1.165) is 11.3 Å². The van der Waals surface area contributed by atoms with Crippen LogP contribution >= 0.6 is 11.3 Å². The number of hydrogen-bond donors (Lipinski definition) is 2. The Morgan fingerprint density at radius 3 is 2.83 bits per heavy atom. The van der Waals surface area contributed by atoms with E-state index < -0.39 is 23.6 Å². The van der Waals surface area contributed by atoms with E-state index in [1.54, 1.807) is 30.3 Å². The number of carbonyl (C=O) groups is 1. The van der Waals surface area contributed by atoms with E-state index in [0.29, 0.717) is 21.1 Å². The lowest BCUT2D eigenvalue weighted by Crippen LogP contribution is -2.18. The summed E-state index contributed by atoms with van der Waals surface area (Å²) >= 11 is 1.09. The Morgan fingerprint density at radius 2 is 2.10 bits per heavy atom. The number of thiophene rings is 1. The minimum absolute atomic E-state index is 0.121. The topological polar surface area (TPSA) is 99.0 Å². The van der Waals surface area contributed by atoms with Crippen LogP contribution < -0.4 is 0 Å². The molecule has 0 aliphatic carbocycles. The Bertz CT molecular complexity index is 1280. The summed E-state index contributed by atoms with van der Waals surface area (Å²) in [6, 6.07) is 15.1. The van der Waals surface area contributed by atoms with Crippen LogP contribution in [0.4, 0.5) is 4.39 Å². The molecule has 4 aromatic rings. The van der Waals surface area contributed by atoms with Crippen molar-refractivity contribution in [3.63, 3.8) is 0 Å². The van der Waals surface area contributed by atoms with Gasteiger partial charge in [0.1, 0.15) is 22.3 Å². The number of carbonyl (C=O) groups excluding carboxylic acids is 1. The molecule has 0 aliphatic heterocycles. The van der Waals surface area contributed by atoms with Crippen LogP contribution in [0.15, 0.2) is 54.3 Å². The molecule has 0 unspecified atom stereocenters. The van der Waals surface area contributed by atoms with E-state index in [2.05, 4.69) is 9.97 Å². The predicted octanol–water partition coefficient (Wildman–Crippen LogP) is 4.95. The van der Waals surface area contributed by atoms with Gasteiger partial charge in [-0.3, -0.25) is 0 Å². The summed E-state index contributed by atoms with van der Waals surface area (Å²) in [5.74, 6) is -1.39. The molecule has 1 atom stereocenters. The van der Waals surface area contributed by atoms with Crippen LogP contribution in [0.2, 0.25) is 0 Å². The smallest absolute Gasteiger partial charge is 0.349 e. The summed E-state index contributed by atoms with van der Waals surface area (Å²) in [7, 11) is 0. The highest BCUT2D eigenvalue weighted by Crippen LogP contribution is 2.29. The SMILES string of the molecule is C[C@@H](OC(=O)c1cc2c(F)cccc2s1)/C(O)=C(\C#N)c1nc2ccccc2[nH]1. The number of halogens is 1. The third-order valence-electron chi connectivity index (χ3n) is 4.37. The van der Waals surface area contributed by atoms with Gasteiger partial charge in [-0.2, -0.15) is 5.26 Å². The molecule has 4 rings (SSSR count). The first kappa shape index (κ1) is 18.7. The second kappa shape index (κ2) is 7.37. The molecule has 2 N–H and O–H groups in total. The quantitative estimate of drug-likeness (QED) is 0.283. The number of aromatic amines is 1. The molecular weight excluding hydrogens is 393 g/mol. The molecule has 0 saturated carbocycles. The average Bonchev–Trinajstić information content (AvgIpc) is 3.33. The van der Waals surface area contributed by atoms with Gasteiger partial charge in [-0.1, -0.05) is 18.2 Å². The van der Waals surface area contributed by atoms with Crippen molar-refractivity contribution in [2.75, 3.05) is 0 Å². The number of hydrogen-bond acceptors (Lipinski definition) is 6. The number of H-pyrrole nitrogens is 1. The van der Waals surface area contributed by atoms with Crippen molar-refractivity contribution in [3.05, 3.63) is 70.8 Å². The van der Waals surface area contributed by atoms with Crippen molar-refractivity contribution in [2.45, 2.75) is 13.0 Å². The van der Waals surface area contributed by atoms with E-state index in [4.69, 9.17) is 4.74 Å². The molecule has 29 heavy (non-hydrogen) atoms. The summed E-state index contributed by atoms with van der Waals surface area (Å²) in [6.45, 7) is 1.45. The van der Waals surface area contributed by atoms with Crippen molar-refractivity contribution in [1.29, 1.82) is 5.26 Å². The lowest BCUT2D eigenvalue weighted by molar-refractivity contribution is 0.0340. The Hall–Kier alpha value is -3.70. The van der Waals surface area contributed by atoms with Crippen LogP contribution in [0.3, 0.4) is 0 Å². The maximum atomic E-state index is 13.8. The van der Waals surface area contributed by atoms with Crippen LogP contribution in [-0.2, 0) is 4.74 Å². The van der Waals surface area contributed by atoms with Gasteiger partial charge in [-0.05, 0) is 37.3 Å². The molecule has 0 aliphatic rings. The third kappa shape index (κ3) is 3.44. The molecule has 0 saturated heterocycles. The number of imidazole rings is 1. The van der Waals surface area contributed by atoms with E-state index >= 15 is 0 Å². The van der Waals surface area contributed by atoms with E-state index in [-0.39, 0.29) is 16.3 Å². The Labute approximate surface area is 168 Å². The van der Waals surface area contributed by atoms with Crippen LogP contribution in [0.5, 0.6) is 0 Å². The minimum Gasteiger partial charge on any atom is -0.507 e. The van der Waals surface area contributed by atoms with Crippen LogP contribution in [0.1, 0.15) is 22.4 Å². The van der Waals surface area contributed by atoms with Gasteiger partial charge in [0.05, 0.1) is 11.0 Å². The van der Waals surface area contributed by atoms with Crippen molar-refractivity contribution < 1.29 is 19.0 Å². The molecule has 0 fully saturated rings. The standard InChI is InChI=1S/C21H14FN3O3S/c1-11(28-21(27)18-9-12-14(22)5-4-8-17(12)29-18)19(26)13(10-23)20-24-15-6-2-3-7-16(15)25-20/h2-9,11,26H,1H3,(H,24,25)/b19-13-/t11-/m1/s1. The monoisotopic (exact) mass is 407 g/mol. The number of ether oxygens (including phenoxy) is 1. The molecule has 2 heterocycles. The fraction of sp³-hybridized carbons (Fsp3) is 0.0952. The fourth-order valence-electron chi connectivity index (χ4n) is 2.91. The van der Waals surface area contributed by atoms with Gasteiger partial charge in [0.2, 0.25) is 0 Å². The number of aromatic nitrogens is 2. The molecule has 0 radical (unpaired) electrons. The Balaban J connectivity index is 1.61. The number of esters is 1. The molecular formula is C21H14FN3O3S. The highest BCUT2D eigenvalue weighted by molar-refractivity contribution is 7.20. The van der Waals surface area contributed by atoms with Gasteiger partial charge >= 0.3 is 5.97 Å². The molecule has 6 nitrogen and oxygen atoms in total. The first-order valence-corrected chi connectivity index (χ1v) is 9.47. The fourth-order valence-corrected chi connectivity index (χ4v) is 3.86. The number of nitrogens with one attached hydrogen (secondary N) is 1. The van der Waals surface area contributed by atoms with E-state index in [1.165, 1.54) is 19.1 Å². The average molecular weight is 407 g/mol. The summed E-state index contributed by atoms with van der Waals surface area (Å²) in [5.41, 5.74) is 1.23. The predicted molar refractivity (Wildman–Crippen MR) is 108 cm³/mol. The normalized spacial score (nSPS) is 13.1. The van der Waals surface area contributed by atoms with Crippen molar-refractivity contribution in [1.82, 2.24) is 9.97 Å². The second-order valence-electron chi connectivity index (χ2n) is 6.28. The van der Waals surface area contributed by atoms with Crippen molar-refractivity contribution in [2.24, 2.45) is 0 Å². The number of benzene rings is 2. The first-order chi connectivity index (χ1) is 14.0. The molecule has 0 amide bonds. The zero-order valence-electron chi connectivity index (χ0n) is 15.1. The number of nitriles is 1. The van der Waals surface area contributed by atoms with Gasteiger partial charge in [0, 0.05) is 10.1 Å². The highest BCUT2D eigenvalue weighted by Gasteiger charge is 2.23. The maximum absolute atomic E-state index is 13.8. The lowest BCUT2D eigenvalue weighted by atomic mass is 10.1. The number of allylic oxidation sites excluding steroid dienone is 1. The zero-order chi connectivity index (χ0) is 20.5. The van der Waals surface area contributed by atoms with Crippen LogP contribution in [0.25, 0.3) is 26.7 Å². The third-order valence-corrected chi connectivity index (χ3v) is 5.45. The molecule has 144 valence electrons. The second-order valence-corrected chi connectivity index (χ2v) is 7.37. The number of aliphatic hydroxyl groups excluding tert-OH is 1. The molecule has 0 spiro atoms. The largest absolute Gasteiger partial charge is 0.507 e. The number of fused-ring (bicyclic) bond motifs is 2. The minimum atomic E-state index is -1.10. The Kier molecular flexibility index (Phi) is 4.74. The molecule has 2 aromatic carbocycles. The van der Waals surface area contributed by atoms with E-state index in [9.17, 15) is 19.6 Å². The molecule has 8 heteroatoms. The van der Waals surface area contributed by atoms with Crippen LogP contribution in [-0.4, -0.2) is 27.1 Å². The lowest BCUT2D eigenvalue weighted by Gasteiger charge is -2.12. The van der Waals surface area contributed by atoms with Gasteiger partial charge in [0.15, 0.2) is 17.7 Å². The zero-order valence-corrected chi connectivity index (χ0v) is 16.0. The van der Waals surface area contributed by atoms with E-state index in [1.807, 2.05) is 12.1 Å².